The molecular formula is C10H8BrClN2O. The number of oxazole rings is 1. The van der Waals surface area contributed by atoms with Crippen molar-refractivity contribution in [3.8, 4) is 11.3 Å². The second-order valence-corrected chi connectivity index (χ2v) is 4.27. The highest BCUT2D eigenvalue weighted by Crippen LogP contribution is 2.30. The van der Waals surface area contributed by atoms with Gasteiger partial charge in [-0.1, -0.05) is 27.5 Å². The van der Waals surface area contributed by atoms with E-state index in [0.29, 0.717) is 16.7 Å². The summed E-state index contributed by atoms with van der Waals surface area (Å²) >= 11 is 9.42. The lowest BCUT2D eigenvalue weighted by Crippen LogP contribution is -1.94. The maximum absolute atomic E-state index is 6.04. The Bertz CT molecular complexity index is 484. The molecule has 0 amide bonds. The second kappa shape index (κ2) is 4.35. The monoisotopic (exact) mass is 286 g/mol. The Morgan fingerprint density at radius 1 is 1.47 bits per heavy atom. The molecule has 0 atom stereocenters. The van der Waals surface area contributed by atoms with Crippen molar-refractivity contribution in [3.63, 3.8) is 0 Å². The van der Waals surface area contributed by atoms with Gasteiger partial charge in [0, 0.05) is 10.0 Å². The van der Waals surface area contributed by atoms with Gasteiger partial charge in [0.1, 0.15) is 0 Å². The van der Waals surface area contributed by atoms with Crippen molar-refractivity contribution in [3.05, 3.63) is 39.8 Å². The van der Waals surface area contributed by atoms with Crippen LogP contribution in [0.25, 0.3) is 11.3 Å². The molecule has 0 spiro atoms. The zero-order valence-corrected chi connectivity index (χ0v) is 10.0. The molecule has 0 bridgehead atoms. The van der Waals surface area contributed by atoms with Crippen LogP contribution in [0.5, 0.6) is 0 Å². The van der Waals surface area contributed by atoms with Gasteiger partial charge >= 0.3 is 0 Å². The van der Waals surface area contributed by atoms with Gasteiger partial charge in [0.2, 0.25) is 5.89 Å². The minimum absolute atomic E-state index is 0.283. The van der Waals surface area contributed by atoms with E-state index in [2.05, 4.69) is 20.9 Å². The molecule has 1 aromatic carbocycles. The van der Waals surface area contributed by atoms with Crippen LogP contribution in [0.15, 0.2) is 33.3 Å². The normalized spacial score (nSPS) is 10.6. The molecule has 0 unspecified atom stereocenters. The first-order valence-corrected chi connectivity index (χ1v) is 5.48. The van der Waals surface area contributed by atoms with Gasteiger partial charge in [-0.05, 0) is 18.2 Å². The van der Waals surface area contributed by atoms with Crippen LogP contribution < -0.4 is 5.73 Å². The summed E-state index contributed by atoms with van der Waals surface area (Å²) in [5, 5.41) is 0.623. The van der Waals surface area contributed by atoms with E-state index in [9.17, 15) is 0 Å². The van der Waals surface area contributed by atoms with Crippen molar-refractivity contribution in [1.29, 1.82) is 0 Å². The van der Waals surface area contributed by atoms with E-state index >= 15 is 0 Å². The standard InChI is InChI=1S/C10H8BrClN2O/c11-6-1-2-8(12)7(3-6)9-5-14-10(4-13)15-9/h1-3,5H,4,13H2. The van der Waals surface area contributed by atoms with Gasteiger partial charge in [0.15, 0.2) is 5.76 Å². The molecule has 0 radical (unpaired) electrons. The Morgan fingerprint density at radius 2 is 2.27 bits per heavy atom. The first kappa shape index (κ1) is 10.7. The summed E-state index contributed by atoms with van der Waals surface area (Å²) in [6.07, 6.45) is 1.62. The SMILES string of the molecule is NCc1ncc(-c2cc(Br)ccc2Cl)o1. The van der Waals surface area contributed by atoms with Gasteiger partial charge in [-0.2, -0.15) is 0 Å². The summed E-state index contributed by atoms with van der Waals surface area (Å²) < 4.78 is 6.35. The van der Waals surface area contributed by atoms with Crippen LogP contribution in [0.3, 0.4) is 0 Å². The van der Waals surface area contributed by atoms with Crippen molar-refractivity contribution in [1.82, 2.24) is 4.98 Å². The maximum atomic E-state index is 6.04. The highest BCUT2D eigenvalue weighted by Gasteiger charge is 2.09. The minimum Gasteiger partial charge on any atom is -0.439 e. The topological polar surface area (TPSA) is 52.0 Å². The lowest BCUT2D eigenvalue weighted by molar-refractivity contribution is 0.509. The van der Waals surface area contributed by atoms with Gasteiger partial charge in [0.25, 0.3) is 0 Å². The molecule has 15 heavy (non-hydrogen) atoms. The average molecular weight is 288 g/mol. The number of benzene rings is 1. The fourth-order valence-corrected chi connectivity index (χ4v) is 1.79. The van der Waals surface area contributed by atoms with E-state index in [1.54, 1.807) is 12.3 Å². The summed E-state index contributed by atoms with van der Waals surface area (Å²) in [5.41, 5.74) is 6.21. The van der Waals surface area contributed by atoms with Gasteiger partial charge < -0.3 is 10.2 Å². The molecule has 1 heterocycles. The van der Waals surface area contributed by atoms with Crippen LogP contribution in [-0.4, -0.2) is 4.98 Å². The quantitative estimate of drug-likeness (QED) is 0.922. The van der Waals surface area contributed by atoms with Crippen molar-refractivity contribution in [2.24, 2.45) is 5.73 Å². The maximum Gasteiger partial charge on any atom is 0.208 e. The molecule has 0 aliphatic carbocycles. The van der Waals surface area contributed by atoms with E-state index in [0.717, 1.165) is 10.0 Å². The molecule has 2 rings (SSSR count). The Balaban J connectivity index is 2.48. The van der Waals surface area contributed by atoms with Crippen LogP contribution in [0.2, 0.25) is 5.02 Å². The van der Waals surface area contributed by atoms with E-state index in [1.807, 2.05) is 12.1 Å². The number of halogens is 2. The van der Waals surface area contributed by atoms with Crippen molar-refractivity contribution < 1.29 is 4.42 Å². The first-order valence-electron chi connectivity index (χ1n) is 4.31. The summed E-state index contributed by atoms with van der Waals surface area (Å²) in [4.78, 5) is 4.02. The summed E-state index contributed by atoms with van der Waals surface area (Å²) in [5.74, 6) is 1.13. The highest BCUT2D eigenvalue weighted by atomic mass is 79.9. The number of aromatic nitrogens is 1. The van der Waals surface area contributed by atoms with E-state index in [1.165, 1.54) is 0 Å². The Kier molecular flexibility index (Phi) is 3.09. The minimum atomic E-state index is 0.283. The van der Waals surface area contributed by atoms with Gasteiger partial charge in [-0.25, -0.2) is 4.98 Å². The number of hydrogen-bond acceptors (Lipinski definition) is 3. The van der Waals surface area contributed by atoms with E-state index in [-0.39, 0.29) is 6.54 Å². The van der Waals surface area contributed by atoms with Crippen LogP contribution >= 0.6 is 27.5 Å². The third kappa shape index (κ3) is 2.22. The average Bonchev–Trinajstić information content (AvgIpc) is 2.70. The van der Waals surface area contributed by atoms with Crippen molar-refractivity contribution in [2.45, 2.75) is 6.54 Å². The predicted molar refractivity (Wildman–Crippen MR) is 62.5 cm³/mol. The third-order valence-corrected chi connectivity index (χ3v) is 2.74. The molecule has 0 saturated carbocycles. The number of hydrogen-bond donors (Lipinski definition) is 1. The summed E-state index contributed by atoms with van der Waals surface area (Å²) in [6, 6.07) is 5.54. The second-order valence-electron chi connectivity index (χ2n) is 2.95. The van der Waals surface area contributed by atoms with Crippen molar-refractivity contribution in [2.75, 3.05) is 0 Å². The molecule has 78 valence electrons. The Morgan fingerprint density at radius 3 is 2.93 bits per heavy atom. The van der Waals surface area contributed by atoms with Gasteiger partial charge in [-0.15, -0.1) is 0 Å². The van der Waals surface area contributed by atoms with Crippen LogP contribution in [0, 0.1) is 0 Å². The fourth-order valence-electron chi connectivity index (χ4n) is 1.22. The highest BCUT2D eigenvalue weighted by molar-refractivity contribution is 9.10. The molecular weight excluding hydrogens is 279 g/mol. The Hall–Kier alpha value is -0.840. The van der Waals surface area contributed by atoms with E-state index in [4.69, 9.17) is 21.8 Å². The predicted octanol–water partition coefficient (Wildman–Crippen LogP) is 3.22. The molecule has 5 heteroatoms. The van der Waals surface area contributed by atoms with Crippen molar-refractivity contribution >= 4 is 27.5 Å². The lowest BCUT2D eigenvalue weighted by Gasteiger charge is -2.00. The summed E-state index contributed by atoms with van der Waals surface area (Å²) in [7, 11) is 0. The molecule has 0 aliphatic rings. The Labute approximate surface area is 100 Å². The zero-order valence-electron chi connectivity index (χ0n) is 7.71. The molecule has 0 fully saturated rings. The smallest absolute Gasteiger partial charge is 0.208 e. The van der Waals surface area contributed by atoms with Crippen LogP contribution in [-0.2, 0) is 6.54 Å². The molecule has 0 saturated heterocycles. The number of rotatable bonds is 2. The number of nitrogens with zero attached hydrogens (tertiary/aromatic N) is 1. The third-order valence-electron chi connectivity index (χ3n) is 1.92. The van der Waals surface area contributed by atoms with Crippen LogP contribution in [0.1, 0.15) is 5.89 Å². The van der Waals surface area contributed by atoms with Gasteiger partial charge in [-0.3, -0.25) is 0 Å². The molecule has 2 aromatic rings. The first-order chi connectivity index (χ1) is 7.20. The zero-order chi connectivity index (χ0) is 10.8. The molecule has 0 aliphatic heterocycles. The summed E-state index contributed by atoms with van der Waals surface area (Å²) in [6.45, 7) is 0.283. The lowest BCUT2D eigenvalue weighted by atomic mass is 10.2. The molecule has 1 aromatic heterocycles. The fraction of sp³-hybridized carbons (Fsp3) is 0.100. The van der Waals surface area contributed by atoms with E-state index < -0.39 is 0 Å². The van der Waals surface area contributed by atoms with Gasteiger partial charge in [0.05, 0.1) is 17.8 Å². The largest absolute Gasteiger partial charge is 0.439 e. The molecule has 2 N–H and O–H groups in total. The van der Waals surface area contributed by atoms with Crippen LogP contribution in [0.4, 0.5) is 0 Å². The number of nitrogens with two attached hydrogens (primary N) is 1. The molecule has 3 nitrogen and oxygen atoms in total.